The number of rotatable bonds is 4. The molecule has 2 heterocycles. The van der Waals surface area contributed by atoms with Gasteiger partial charge in [-0.05, 0) is 37.1 Å². The molecule has 1 aliphatic rings. The Morgan fingerprint density at radius 3 is 2.74 bits per heavy atom. The van der Waals surface area contributed by atoms with Gasteiger partial charge in [-0.15, -0.1) is 11.3 Å². The van der Waals surface area contributed by atoms with Crippen LogP contribution >= 0.6 is 23.1 Å². The molecule has 1 saturated heterocycles. The molecule has 1 aromatic heterocycles. The lowest BCUT2D eigenvalue weighted by Gasteiger charge is -2.24. The summed E-state index contributed by atoms with van der Waals surface area (Å²) in [6.07, 6.45) is 1.37. The molecule has 1 atom stereocenters. The molecule has 2 rings (SSSR count). The molecular formula is C13H17NO3S2. The molecule has 2 N–H and O–H groups in total. The fourth-order valence-electron chi connectivity index (χ4n) is 2.15. The minimum absolute atomic E-state index is 0.266. The molecule has 104 valence electrons. The number of aryl methyl sites for hydroxylation is 2. The average molecular weight is 299 g/mol. The number of thioether (sulfide) groups is 1. The van der Waals surface area contributed by atoms with Crippen molar-refractivity contribution >= 4 is 35.0 Å². The number of amides is 1. The molecule has 0 radical (unpaired) electrons. The Kier molecular flexibility index (Phi) is 4.20. The lowest BCUT2D eigenvalue weighted by molar-refractivity contribution is -0.143. The number of aliphatic carboxylic acids is 1. The van der Waals surface area contributed by atoms with Gasteiger partial charge in [-0.3, -0.25) is 4.79 Å². The van der Waals surface area contributed by atoms with E-state index in [1.165, 1.54) is 11.3 Å². The largest absolute Gasteiger partial charge is 0.479 e. The SMILES string of the molecule is CCc1cc(C(=O)N[C@@]2(C(=O)O)CCSC2)sc1C. The van der Waals surface area contributed by atoms with Gasteiger partial charge in [0.05, 0.1) is 4.88 Å². The predicted octanol–water partition coefficient (Wildman–Crippen LogP) is 2.31. The molecule has 0 bridgehead atoms. The van der Waals surface area contributed by atoms with Crippen molar-refractivity contribution in [2.45, 2.75) is 32.2 Å². The van der Waals surface area contributed by atoms with Gasteiger partial charge in [0.2, 0.25) is 0 Å². The van der Waals surface area contributed by atoms with Crippen molar-refractivity contribution in [1.29, 1.82) is 0 Å². The molecule has 1 amide bonds. The summed E-state index contributed by atoms with van der Waals surface area (Å²) in [5.41, 5.74) is 0.0618. The summed E-state index contributed by atoms with van der Waals surface area (Å²) in [5.74, 6) is 0.0162. The van der Waals surface area contributed by atoms with Crippen LogP contribution in [0.2, 0.25) is 0 Å². The third kappa shape index (κ3) is 2.79. The zero-order valence-corrected chi connectivity index (χ0v) is 12.6. The molecule has 1 fully saturated rings. The number of carbonyl (C=O) groups is 2. The van der Waals surface area contributed by atoms with Crippen LogP contribution in [0.25, 0.3) is 0 Å². The minimum atomic E-state index is -1.09. The number of carboxylic acid groups (broad SMARTS) is 1. The van der Waals surface area contributed by atoms with E-state index in [9.17, 15) is 14.7 Å². The van der Waals surface area contributed by atoms with Crippen LogP contribution in [0, 0.1) is 6.92 Å². The van der Waals surface area contributed by atoms with Crippen LogP contribution in [-0.4, -0.2) is 34.0 Å². The van der Waals surface area contributed by atoms with Crippen LogP contribution in [0.5, 0.6) is 0 Å². The number of nitrogens with one attached hydrogen (secondary N) is 1. The number of hydrogen-bond acceptors (Lipinski definition) is 4. The second-order valence-corrected chi connectivity index (χ2v) is 7.05. The van der Waals surface area contributed by atoms with E-state index in [1.807, 2.05) is 19.9 Å². The van der Waals surface area contributed by atoms with Gasteiger partial charge in [0.1, 0.15) is 5.54 Å². The fourth-order valence-corrected chi connectivity index (χ4v) is 4.48. The van der Waals surface area contributed by atoms with Crippen molar-refractivity contribution in [2.24, 2.45) is 0 Å². The highest BCUT2D eigenvalue weighted by atomic mass is 32.2. The van der Waals surface area contributed by atoms with Gasteiger partial charge in [-0.25, -0.2) is 4.79 Å². The second kappa shape index (κ2) is 5.54. The monoisotopic (exact) mass is 299 g/mol. The Morgan fingerprint density at radius 1 is 1.53 bits per heavy atom. The summed E-state index contributed by atoms with van der Waals surface area (Å²) >= 11 is 3.00. The molecule has 0 spiro atoms. The van der Waals surface area contributed by atoms with E-state index in [0.717, 1.165) is 22.6 Å². The van der Waals surface area contributed by atoms with Crippen molar-refractivity contribution in [3.63, 3.8) is 0 Å². The van der Waals surface area contributed by atoms with E-state index in [-0.39, 0.29) is 5.91 Å². The van der Waals surface area contributed by atoms with Crippen molar-refractivity contribution in [2.75, 3.05) is 11.5 Å². The zero-order valence-electron chi connectivity index (χ0n) is 11.0. The molecule has 1 aromatic rings. The van der Waals surface area contributed by atoms with Crippen LogP contribution in [0.15, 0.2) is 6.07 Å². The Balaban J connectivity index is 2.17. The first-order valence-electron chi connectivity index (χ1n) is 6.21. The smallest absolute Gasteiger partial charge is 0.330 e. The molecule has 0 aromatic carbocycles. The van der Waals surface area contributed by atoms with Crippen molar-refractivity contribution in [1.82, 2.24) is 5.32 Å². The summed E-state index contributed by atoms with van der Waals surface area (Å²) in [6.45, 7) is 4.03. The molecular weight excluding hydrogens is 282 g/mol. The van der Waals surface area contributed by atoms with Crippen LogP contribution < -0.4 is 5.32 Å². The molecule has 6 heteroatoms. The maximum atomic E-state index is 12.2. The molecule has 0 saturated carbocycles. The van der Waals surface area contributed by atoms with Gasteiger partial charge in [0.25, 0.3) is 5.91 Å². The summed E-state index contributed by atoms with van der Waals surface area (Å²) in [6, 6.07) is 1.87. The quantitative estimate of drug-likeness (QED) is 0.895. The second-order valence-electron chi connectivity index (χ2n) is 4.69. The first-order chi connectivity index (χ1) is 8.98. The Hall–Kier alpha value is -1.01. The normalized spacial score (nSPS) is 22.4. The highest BCUT2D eigenvalue weighted by Crippen LogP contribution is 2.29. The Morgan fingerprint density at radius 2 is 2.26 bits per heavy atom. The van der Waals surface area contributed by atoms with Gasteiger partial charge in [0, 0.05) is 10.6 Å². The summed E-state index contributed by atoms with van der Waals surface area (Å²) in [7, 11) is 0. The third-order valence-corrected chi connectivity index (χ3v) is 5.69. The van der Waals surface area contributed by atoms with E-state index in [2.05, 4.69) is 5.32 Å². The van der Waals surface area contributed by atoms with Crippen LogP contribution in [0.1, 0.15) is 33.5 Å². The number of carbonyl (C=O) groups excluding carboxylic acids is 1. The van der Waals surface area contributed by atoms with Gasteiger partial charge < -0.3 is 10.4 Å². The van der Waals surface area contributed by atoms with Crippen LogP contribution in [0.3, 0.4) is 0 Å². The number of hydrogen-bond donors (Lipinski definition) is 2. The maximum absolute atomic E-state index is 12.2. The highest BCUT2D eigenvalue weighted by Gasteiger charge is 2.43. The molecule has 19 heavy (non-hydrogen) atoms. The first-order valence-corrected chi connectivity index (χ1v) is 8.18. The summed E-state index contributed by atoms with van der Waals surface area (Å²) < 4.78 is 0. The van der Waals surface area contributed by atoms with Gasteiger partial charge >= 0.3 is 5.97 Å². The van der Waals surface area contributed by atoms with Crippen molar-refractivity contribution in [3.05, 3.63) is 21.4 Å². The number of carboxylic acids is 1. The molecule has 0 unspecified atom stereocenters. The summed E-state index contributed by atoms with van der Waals surface area (Å²) in [4.78, 5) is 25.3. The first kappa shape index (κ1) is 14.4. The lowest BCUT2D eigenvalue weighted by Crippen LogP contribution is -2.54. The molecule has 0 aliphatic carbocycles. The number of thiophene rings is 1. The van der Waals surface area contributed by atoms with E-state index in [1.54, 1.807) is 11.8 Å². The van der Waals surface area contributed by atoms with Crippen LogP contribution in [0.4, 0.5) is 0 Å². The Bertz CT molecular complexity index is 504. The zero-order chi connectivity index (χ0) is 14.0. The standard InChI is InChI=1S/C13H17NO3S2/c1-3-9-6-10(19-8(9)2)11(15)14-13(12(16)17)4-5-18-7-13/h6H,3-5,7H2,1-2H3,(H,14,15)(H,16,17)/t13-/m0/s1. The fraction of sp³-hybridized carbons (Fsp3) is 0.538. The predicted molar refractivity (Wildman–Crippen MR) is 78.2 cm³/mol. The van der Waals surface area contributed by atoms with Crippen molar-refractivity contribution in [3.8, 4) is 0 Å². The van der Waals surface area contributed by atoms with Crippen LogP contribution in [-0.2, 0) is 11.2 Å². The van der Waals surface area contributed by atoms with Gasteiger partial charge in [0.15, 0.2) is 0 Å². The van der Waals surface area contributed by atoms with Gasteiger partial charge in [-0.1, -0.05) is 6.92 Å². The van der Waals surface area contributed by atoms with E-state index in [0.29, 0.717) is 17.1 Å². The van der Waals surface area contributed by atoms with E-state index < -0.39 is 11.5 Å². The lowest BCUT2D eigenvalue weighted by atomic mass is 9.99. The third-order valence-electron chi connectivity index (χ3n) is 3.41. The van der Waals surface area contributed by atoms with Crippen molar-refractivity contribution < 1.29 is 14.7 Å². The van der Waals surface area contributed by atoms with Gasteiger partial charge in [-0.2, -0.15) is 11.8 Å². The Labute approximate surface area is 120 Å². The van der Waals surface area contributed by atoms with E-state index in [4.69, 9.17) is 0 Å². The highest BCUT2D eigenvalue weighted by molar-refractivity contribution is 7.99. The summed E-state index contributed by atoms with van der Waals surface area (Å²) in [5, 5.41) is 12.1. The molecule has 1 aliphatic heterocycles. The maximum Gasteiger partial charge on any atom is 0.330 e. The minimum Gasteiger partial charge on any atom is -0.479 e. The topological polar surface area (TPSA) is 66.4 Å². The molecule has 4 nitrogen and oxygen atoms in total. The van der Waals surface area contributed by atoms with E-state index >= 15 is 0 Å². The average Bonchev–Trinajstić information content (AvgIpc) is 2.96.